The van der Waals surface area contributed by atoms with Crippen molar-refractivity contribution in [1.29, 1.82) is 0 Å². The van der Waals surface area contributed by atoms with Gasteiger partial charge in [0.25, 0.3) is 5.58 Å². The summed E-state index contributed by atoms with van der Waals surface area (Å²) in [5, 5.41) is 29.0. The monoisotopic (exact) mass is 186 g/mol. The summed E-state index contributed by atoms with van der Waals surface area (Å²) in [4.78, 5) is -0.0656. The normalized spacial score (nSPS) is 11.1. The first-order valence-electron chi connectivity index (χ1n) is 3.24. The van der Waals surface area contributed by atoms with Crippen LogP contribution in [-0.4, -0.2) is 15.2 Å². The fourth-order valence-corrected chi connectivity index (χ4v) is 1.07. The van der Waals surface area contributed by atoms with E-state index in [1.54, 1.807) is 0 Å². The van der Waals surface area contributed by atoms with Crippen LogP contribution >= 0.6 is 0 Å². The Hall–Kier alpha value is -2.25. The molecule has 0 aliphatic rings. The Balaban J connectivity index is 3.01. The van der Waals surface area contributed by atoms with Gasteiger partial charge in [-0.2, -0.15) is 0 Å². The molecular weight excluding hydrogens is 180 g/mol. The minimum atomic E-state index is -0.791. The number of anilines is 2. The van der Waals surface area contributed by atoms with Crippen molar-refractivity contribution >= 4 is 22.7 Å². The lowest BCUT2D eigenvalue weighted by Gasteiger charge is -1.94. The van der Waals surface area contributed by atoms with Gasteiger partial charge in [0.05, 0.1) is 0 Å². The average Bonchev–Trinajstić information content (AvgIpc) is 2.48. The van der Waals surface area contributed by atoms with Crippen LogP contribution < -0.4 is 16.3 Å². The second-order valence-corrected chi connectivity index (χ2v) is 2.44. The van der Waals surface area contributed by atoms with Crippen LogP contribution in [0.25, 0.3) is 11.1 Å². The SMILES string of the molecule is Nc1oc2c(O)[n+]([O-])n(O)c2c1N. The van der Waals surface area contributed by atoms with Crippen molar-refractivity contribution in [2.75, 3.05) is 11.5 Å². The fourth-order valence-electron chi connectivity index (χ4n) is 1.07. The van der Waals surface area contributed by atoms with Crippen molar-refractivity contribution in [2.45, 2.75) is 0 Å². The van der Waals surface area contributed by atoms with Gasteiger partial charge in [-0.15, -0.1) is 0 Å². The summed E-state index contributed by atoms with van der Waals surface area (Å²) in [6, 6.07) is 0. The molecule has 0 aromatic carbocycles. The first-order valence-corrected chi connectivity index (χ1v) is 3.24. The Morgan fingerprint density at radius 1 is 1.46 bits per heavy atom. The molecule has 6 N–H and O–H groups in total. The molecule has 0 atom stereocenters. The van der Waals surface area contributed by atoms with Gasteiger partial charge in [-0.05, 0) is 4.85 Å². The standard InChI is InChI=1S/C5H6N4O4/c6-1-2-3(13-4(1)7)5(10)9(12)8(2)11/h10-11H,6-7H2. The van der Waals surface area contributed by atoms with Crippen LogP contribution in [0.15, 0.2) is 4.42 Å². The van der Waals surface area contributed by atoms with Gasteiger partial charge in [-0.3, -0.25) is 0 Å². The third-order valence-corrected chi connectivity index (χ3v) is 1.70. The number of aromatic hydroxyl groups is 1. The molecule has 0 spiro atoms. The quantitative estimate of drug-likeness (QED) is 0.236. The van der Waals surface area contributed by atoms with Crippen LogP contribution in [0, 0.1) is 5.21 Å². The van der Waals surface area contributed by atoms with Crippen LogP contribution in [0.2, 0.25) is 0 Å². The summed E-state index contributed by atoms with van der Waals surface area (Å²) in [5.74, 6) is -0.954. The summed E-state index contributed by atoms with van der Waals surface area (Å²) in [6.07, 6.45) is 0. The molecular formula is C5H6N4O4. The van der Waals surface area contributed by atoms with Crippen molar-refractivity contribution in [3.05, 3.63) is 5.21 Å². The number of furan rings is 1. The van der Waals surface area contributed by atoms with Crippen molar-refractivity contribution in [2.24, 2.45) is 0 Å². The molecule has 2 aromatic heterocycles. The zero-order valence-electron chi connectivity index (χ0n) is 6.26. The van der Waals surface area contributed by atoms with Gasteiger partial charge in [-0.25, -0.2) is 0 Å². The fraction of sp³-hybridized carbons (Fsp3) is 0. The molecule has 0 saturated heterocycles. The highest BCUT2D eigenvalue weighted by Crippen LogP contribution is 2.33. The lowest BCUT2D eigenvalue weighted by molar-refractivity contribution is -0.726. The predicted molar refractivity (Wildman–Crippen MR) is 40.8 cm³/mol. The van der Waals surface area contributed by atoms with E-state index in [2.05, 4.69) is 0 Å². The first-order chi connectivity index (χ1) is 6.04. The van der Waals surface area contributed by atoms with Gasteiger partial charge in [0.1, 0.15) is 5.69 Å². The highest BCUT2D eigenvalue weighted by molar-refractivity contribution is 5.93. The molecule has 13 heavy (non-hydrogen) atoms. The van der Waals surface area contributed by atoms with Crippen molar-refractivity contribution in [3.8, 4) is 5.88 Å². The zero-order chi connectivity index (χ0) is 9.75. The second kappa shape index (κ2) is 1.91. The predicted octanol–water partition coefficient (Wildman–Crippen LogP) is -1.03. The molecule has 0 aliphatic heterocycles. The molecule has 70 valence electrons. The van der Waals surface area contributed by atoms with Crippen LogP contribution in [0.4, 0.5) is 11.6 Å². The van der Waals surface area contributed by atoms with Gasteiger partial charge >= 0.3 is 5.88 Å². The van der Waals surface area contributed by atoms with Crippen LogP contribution in [0.1, 0.15) is 0 Å². The number of nitrogens with two attached hydrogens (primary N) is 2. The van der Waals surface area contributed by atoms with Gasteiger partial charge in [0.15, 0.2) is 0 Å². The molecule has 2 aromatic rings. The van der Waals surface area contributed by atoms with Gasteiger partial charge in [0, 0.05) is 4.85 Å². The number of fused-ring (bicyclic) bond motifs is 1. The van der Waals surface area contributed by atoms with E-state index in [1.807, 2.05) is 0 Å². The lowest BCUT2D eigenvalue weighted by atomic mass is 10.4. The van der Waals surface area contributed by atoms with Crippen LogP contribution in [-0.2, 0) is 0 Å². The molecule has 0 amide bonds. The number of aromatic nitrogens is 2. The summed E-state index contributed by atoms with van der Waals surface area (Å²) in [5.41, 5.74) is 10.1. The van der Waals surface area contributed by atoms with Gasteiger partial charge in [0.2, 0.25) is 11.4 Å². The van der Waals surface area contributed by atoms with E-state index in [9.17, 15) is 5.21 Å². The molecule has 8 nitrogen and oxygen atoms in total. The highest BCUT2D eigenvalue weighted by Gasteiger charge is 2.28. The maximum atomic E-state index is 10.8. The Bertz CT molecular complexity index is 484. The largest absolute Gasteiger partial charge is 0.591 e. The molecule has 8 heteroatoms. The van der Waals surface area contributed by atoms with E-state index in [-0.39, 0.29) is 32.4 Å². The molecule has 0 saturated carbocycles. The smallest absolute Gasteiger partial charge is 0.451 e. The average molecular weight is 186 g/mol. The molecule has 0 radical (unpaired) electrons. The second-order valence-electron chi connectivity index (χ2n) is 2.44. The van der Waals surface area contributed by atoms with E-state index < -0.39 is 5.88 Å². The Labute approximate surface area is 70.7 Å². The Morgan fingerprint density at radius 2 is 2.08 bits per heavy atom. The van der Waals surface area contributed by atoms with E-state index in [0.717, 1.165) is 0 Å². The van der Waals surface area contributed by atoms with Crippen molar-refractivity contribution in [1.82, 2.24) is 4.85 Å². The van der Waals surface area contributed by atoms with Crippen LogP contribution in [0.5, 0.6) is 5.88 Å². The van der Waals surface area contributed by atoms with E-state index in [4.69, 9.17) is 26.2 Å². The van der Waals surface area contributed by atoms with E-state index in [1.165, 1.54) is 0 Å². The third kappa shape index (κ3) is 0.662. The molecule has 0 fully saturated rings. The maximum absolute atomic E-state index is 10.8. The molecule has 0 bridgehead atoms. The number of nitrogen functional groups attached to an aromatic ring is 2. The number of hydrogen-bond acceptors (Lipinski definition) is 6. The maximum Gasteiger partial charge on any atom is 0.451 e. The van der Waals surface area contributed by atoms with Crippen LogP contribution in [0.3, 0.4) is 0 Å². The first kappa shape index (κ1) is 7.40. The minimum absolute atomic E-state index is 0.0950. The van der Waals surface area contributed by atoms with Crippen molar-refractivity contribution in [3.63, 3.8) is 0 Å². The van der Waals surface area contributed by atoms with E-state index in [0.29, 0.717) is 0 Å². The number of nitrogens with zero attached hydrogens (tertiary/aromatic N) is 2. The topological polar surface area (TPSA) is 138 Å². The summed E-state index contributed by atoms with van der Waals surface area (Å²) >= 11 is 0. The molecule has 2 heterocycles. The Kier molecular flexibility index (Phi) is 1.09. The summed E-state index contributed by atoms with van der Waals surface area (Å²) in [6.45, 7) is 0. The number of hydrogen-bond donors (Lipinski definition) is 4. The summed E-state index contributed by atoms with van der Waals surface area (Å²) in [7, 11) is 0. The highest BCUT2D eigenvalue weighted by atomic mass is 16.6. The lowest BCUT2D eigenvalue weighted by Crippen LogP contribution is -2.35. The number of rotatable bonds is 0. The van der Waals surface area contributed by atoms with Gasteiger partial charge in [-0.1, -0.05) is 0 Å². The molecule has 0 aliphatic carbocycles. The summed E-state index contributed by atoms with van der Waals surface area (Å²) < 4.78 is 4.73. The van der Waals surface area contributed by atoms with E-state index >= 15 is 0 Å². The van der Waals surface area contributed by atoms with Crippen molar-refractivity contribution < 1.29 is 19.6 Å². The zero-order valence-corrected chi connectivity index (χ0v) is 6.26. The molecule has 2 rings (SSSR count). The Morgan fingerprint density at radius 3 is 2.62 bits per heavy atom. The third-order valence-electron chi connectivity index (χ3n) is 1.70. The molecule has 0 unspecified atom stereocenters. The minimum Gasteiger partial charge on any atom is -0.591 e. The van der Waals surface area contributed by atoms with Gasteiger partial charge < -0.3 is 31.4 Å².